The van der Waals surface area contributed by atoms with Crippen LogP contribution < -0.4 is 11.2 Å². The molecular weight excluding hydrogens is 242 g/mol. The van der Waals surface area contributed by atoms with Gasteiger partial charge < -0.3 is 5.73 Å². The lowest BCUT2D eigenvalue weighted by Gasteiger charge is -2.10. The molecule has 1 aromatic rings. The fraction of sp³-hybridized carbons (Fsp3) is 0.111. The average Bonchev–Trinajstić information content (AvgIpc) is 2.18. The summed E-state index contributed by atoms with van der Waals surface area (Å²) >= 11 is 0. The summed E-state index contributed by atoms with van der Waals surface area (Å²) in [7, 11) is 0. The van der Waals surface area contributed by atoms with Gasteiger partial charge in [0.05, 0.1) is 11.8 Å². The van der Waals surface area contributed by atoms with Gasteiger partial charge in [0.2, 0.25) is 0 Å². The molecule has 0 aliphatic rings. The first-order chi connectivity index (χ1) is 7.82. The van der Waals surface area contributed by atoms with Crippen molar-refractivity contribution in [3.05, 3.63) is 35.1 Å². The third-order valence-electron chi connectivity index (χ3n) is 1.73. The van der Waals surface area contributed by atoms with Gasteiger partial charge in [-0.3, -0.25) is 0 Å². The maximum atomic E-state index is 13.2. The lowest BCUT2D eigenvalue weighted by Crippen LogP contribution is -2.24. The molecule has 0 saturated carbocycles. The molecule has 3 N–H and O–H groups in total. The number of nitrogens with one attached hydrogen (secondary N) is 1. The van der Waals surface area contributed by atoms with Gasteiger partial charge in [-0.2, -0.15) is 18.3 Å². The van der Waals surface area contributed by atoms with E-state index in [0.717, 1.165) is 12.1 Å². The Morgan fingerprint density at radius 1 is 1.41 bits per heavy atom. The number of nitrogens with zero attached hydrogens (tertiary/aromatic N) is 1. The molecule has 1 rings (SSSR count). The highest BCUT2D eigenvalue weighted by atomic mass is 19.4. The number of hydrogen-bond acceptors (Lipinski definition) is 2. The number of benzene rings is 1. The van der Waals surface area contributed by atoms with E-state index in [2.05, 4.69) is 10.8 Å². The highest BCUT2D eigenvalue weighted by molar-refractivity contribution is 5.83. The number of nitrogens with two attached hydrogens (primary N) is 1. The molecule has 0 atom stereocenters. The van der Waals surface area contributed by atoms with Crippen LogP contribution in [0.4, 0.5) is 22.4 Å². The number of primary amides is 1. The predicted octanol–water partition coefficient (Wildman–Crippen LogP) is 1.85. The molecule has 0 unspecified atom stereocenters. The van der Waals surface area contributed by atoms with Gasteiger partial charge >= 0.3 is 12.2 Å². The Bertz CT molecular complexity index is 456. The second-order valence-corrected chi connectivity index (χ2v) is 2.93. The molecule has 8 heteroatoms. The third-order valence-corrected chi connectivity index (χ3v) is 1.73. The maximum Gasteiger partial charge on any atom is 0.417 e. The van der Waals surface area contributed by atoms with Gasteiger partial charge in [0, 0.05) is 5.56 Å². The number of hydrazone groups is 1. The Morgan fingerprint density at radius 3 is 2.59 bits per heavy atom. The molecule has 2 amide bonds. The number of urea groups is 1. The number of carbonyl (C=O) groups is 1. The number of carbonyl (C=O) groups excluding carboxylic acids is 1. The van der Waals surface area contributed by atoms with E-state index in [1.807, 2.05) is 0 Å². The molecule has 0 aromatic heterocycles. The first-order valence-electron chi connectivity index (χ1n) is 4.26. The number of hydrogen-bond donors (Lipinski definition) is 2. The Kier molecular flexibility index (Phi) is 3.66. The largest absolute Gasteiger partial charge is 0.417 e. The fourth-order valence-corrected chi connectivity index (χ4v) is 1.08. The second-order valence-electron chi connectivity index (χ2n) is 2.93. The SMILES string of the molecule is NC(=O)NN=Cc1c(F)cccc1C(F)(F)F. The first kappa shape index (κ1) is 12.9. The number of rotatable bonds is 2. The zero-order chi connectivity index (χ0) is 13.1. The minimum Gasteiger partial charge on any atom is -0.350 e. The maximum absolute atomic E-state index is 13.2. The number of halogens is 4. The van der Waals surface area contributed by atoms with Crippen LogP contribution in [-0.4, -0.2) is 12.2 Å². The summed E-state index contributed by atoms with van der Waals surface area (Å²) in [6.07, 6.45) is -4.17. The van der Waals surface area contributed by atoms with Crippen LogP contribution in [-0.2, 0) is 6.18 Å². The summed E-state index contributed by atoms with van der Waals surface area (Å²) in [5, 5.41) is 3.09. The van der Waals surface area contributed by atoms with Gasteiger partial charge in [-0.05, 0) is 12.1 Å². The molecule has 0 fully saturated rings. The molecule has 0 saturated heterocycles. The first-order valence-corrected chi connectivity index (χ1v) is 4.26. The lowest BCUT2D eigenvalue weighted by molar-refractivity contribution is -0.137. The Labute approximate surface area is 93.1 Å². The predicted molar refractivity (Wildman–Crippen MR) is 51.7 cm³/mol. The molecule has 0 bridgehead atoms. The molecule has 92 valence electrons. The van der Waals surface area contributed by atoms with Gasteiger partial charge in [0.15, 0.2) is 0 Å². The van der Waals surface area contributed by atoms with E-state index in [9.17, 15) is 22.4 Å². The van der Waals surface area contributed by atoms with Crippen LogP contribution in [0.2, 0.25) is 0 Å². The van der Waals surface area contributed by atoms with Crippen molar-refractivity contribution in [2.24, 2.45) is 10.8 Å². The van der Waals surface area contributed by atoms with Crippen LogP contribution in [0.5, 0.6) is 0 Å². The van der Waals surface area contributed by atoms with Crippen LogP contribution in [0.1, 0.15) is 11.1 Å². The molecule has 0 radical (unpaired) electrons. The highest BCUT2D eigenvalue weighted by Crippen LogP contribution is 2.32. The Morgan fingerprint density at radius 2 is 2.06 bits per heavy atom. The van der Waals surface area contributed by atoms with Crippen molar-refractivity contribution in [1.29, 1.82) is 0 Å². The number of amides is 2. The fourth-order valence-electron chi connectivity index (χ4n) is 1.08. The summed E-state index contributed by atoms with van der Waals surface area (Å²) in [5.74, 6) is -1.10. The molecule has 0 aliphatic carbocycles. The second kappa shape index (κ2) is 4.81. The molecule has 4 nitrogen and oxygen atoms in total. The average molecular weight is 249 g/mol. The van der Waals surface area contributed by atoms with E-state index in [1.165, 1.54) is 0 Å². The van der Waals surface area contributed by atoms with Gasteiger partial charge in [0.25, 0.3) is 0 Å². The van der Waals surface area contributed by atoms with Crippen molar-refractivity contribution in [3.8, 4) is 0 Å². The minimum absolute atomic E-state index is 0.545. The highest BCUT2D eigenvalue weighted by Gasteiger charge is 2.33. The monoisotopic (exact) mass is 249 g/mol. The molecular formula is C9H7F4N3O. The zero-order valence-corrected chi connectivity index (χ0v) is 8.25. The van der Waals surface area contributed by atoms with E-state index >= 15 is 0 Å². The molecule has 0 aliphatic heterocycles. The summed E-state index contributed by atoms with van der Waals surface area (Å²) in [4.78, 5) is 10.2. The zero-order valence-electron chi connectivity index (χ0n) is 8.25. The van der Waals surface area contributed by atoms with Crippen molar-refractivity contribution >= 4 is 12.2 Å². The molecule has 0 spiro atoms. The van der Waals surface area contributed by atoms with E-state index in [4.69, 9.17) is 0 Å². The van der Waals surface area contributed by atoms with Crippen LogP contribution >= 0.6 is 0 Å². The molecule has 17 heavy (non-hydrogen) atoms. The summed E-state index contributed by atoms with van der Waals surface area (Å²) in [5.41, 5.74) is 4.36. The quantitative estimate of drug-likeness (QED) is 0.468. The van der Waals surface area contributed by atoms with Crippen molar-refractivity contribution in [3.63, 3.8) is 0 Å². The van der Waals surface area contributed by atoms with Crippen molar-refractivity contribution in [1.82, 2.24) is 5.43 Å². The van der Waals surface area contributed by atoms with E-state index in [1.54, 1.807) is 5.43 Å². The van der Waals surface area contributed by atoms with E-state index < -0.39 is 29.2 Å². The number of alkyl halides is 3. The molecule has 0 heterocycles. The van der Waals surface area contributed by atoms with Gasteiger partial charge in [-0.15, -0.1) is 0 Å². The normalized spacial score (nSPS) is 11.8. The van der Waals surface area contributed by atoms with Gasteiger partial charge in [-0.25, -0.2) is 14.6 Å². The van der Waals surface area contributed by atoms with Crippen molar-refractivity contribution in [2.45, 2.75) is 6.18 Å². The summed E-state index contributed by atoms with van der Waals surface area (Å²) in [6, 6.07) is 1.41. The molecule has 1 aromatic carbocycles. The van der Waals surface area contributed by atoms with Gasteiger partial charge in [-0.1, -0.05) is 6.07 Å². The topological polar surface area (TPSA) is 67.5 Å². The third kappa shape index (κ3) is 3.44. The standard InChI is InChI=1S/C9H7F4N3O/c10-7-3-1-2-6(9(11,12)13)5(7)4-15-16-8(14)17/h1-4H,(H3,14,16,17). The van der Waals surface area contributed by atoms with Crippen LogP contribution in [0, 0.1) is 5.82 Å². The van der Waals surface area contributed by atoms with Crippen LogP contribution in [0.15, 0.2) is 23.3 Å². The van der Waals surface area contributed by atoms with Crippen LogP contribution in [0.25, 0.3) is 0 Å². The van der Waals surface area contributed by atoms with Crippen molar-refractivity contribution < 1.29 is 22.4 Å². The summed E-state index contributed by atoms with van der Waals surface area (Å²) in [6.45, 7) is 0. The van der Waals surface area contributed by atoms with E-state index in [-0.39, 0.29) is 0 Å². The smallest absolute Gasteiger partial charge is 0.350 e. The van der Waals surface area contributed by atoms with Crippen molar-refractivity contribution in [2.75, 3.05) is 0 Å². The summed E-state index contributed by atoms with van der Waals surface area (Å²) < 4.78 is 50.6. The van der Waals surface area contributed by atoms with E-state index in [0.29, 0.717) is 12.3 Å². The Balaban J connectivity index is 3.13. The lowest BCUT2D eigenvalue weighted by atomic mass is 10.1. The van der Waals surface area contributed by atoms with Crippen LogP contribution in [0.3, 0.4) is 0 Å². The van der Waals surface area contributed by atoms with Gasteiger partial charge in [0.1, 0.15) is 5.82 Å². The Hall–Kier alpha value is -2.12. The minimum atomic E-state index is -4.71.